The Bertz CT molecular complexity index is 1610. The average Bonchev–Trinajstić information content (AvgIpc) is 3.43. The van der Waals surface area contributed by atoms with Crippen LogP contribution in [-0.4, -0.2) is 35.9 Å². The number of esters is 1. The SMILES string of the molecule is CC1C/C(=C/c2ccco2)c2nc3ccccc3c(C(=O)OCC(=O)N3CC(=O)Nc4ccccc43)c2C1. The van der Waals surface area contributed by atoms with E-state index in [0.29, 0.717) is 34.3 Å². The Balaban J connectivity index is 1.34. The van der Waals surface area contributed by atoms with Gasteiger partial charge in [-0.15, -0.1) is 0 Å². The van der Waals surface area contributed by atoms with Gasteiger partial charge in [-0.2, -0.15) is 0 Å². The van der Waals surface area contributed by atoms with Gasteiger partial charge in [-0.1, -0.05) is 37.3 Å². The highest BCUT2D eigenvalue weighted by Gasteiger charge is 2.31. The number of rotatable bonds is 4. The molecule has 1 aliphatic carbocycles. The van der Waals surface area contributed by atoms with E-state index in [2.05, 4.69) is 12.2 Å². The Kier molecular flexibility index (Phi) is 5.99. The van der Waals surface area contributed by atoms with E-state index in [1.54, 1.807) is 30.5 Å². The number of nitrogens with one attached hydrogen (secondary N) is 1. The van der Waals surface area contributed by atoms with Crippen LogP contribution in [0.1, 0.15) is 40.7 Å². The molecule has 4 aromatic rings. The van der Waals surface area contributed by atoms with Gasteiger partial charge in [0.2, 0.25) is 5.91 Å². The summed E-state index contributed by atoms with van der Waals surface area (Å²) in [5, 5.41) is 3.43. The summed E-state index contributed by atoms with van der Waals surface area (Å²) in [4.78, 5) is 45.1. The molecule has 2 amide bonds. The summed E-state index contributed by atoms with van der Waals surface area (Å²) in [5.74, 6) is -0.379. The quantitative estimate of drug-likeness (QED) is 0.386. The van der Waals surface area contributed by atoms with E-state index in [-0.39, 0.29) is 18.4 Å². The van der Waals surface area contributed by atoms with E-state index in [9.17, 15) is 14.4 Å². The molecule has 3 heterocycles. The molecular formula is C30H25N3O5. The lowest BCUT2D eigenvalue weighted by Gasteiger charge is -2.29. The third-order valence-corrected chi connectivity index (χ3v) is 6.88. The molecule has 1 aliphatic heterocycles. The number of allylic oxidation sites excluding steroid dienone is 1. The summed E-state index contributed by atoms with van der Waals surface area (Å²) in [5.41, 5.74) is 4.75. The van der Waals surface area contributed by atoms with Crippen molar-refractivity contribution < 1.29 is 23.5 Å². The number of para-hydroxylation sites is 3. The third kappa shape index (κ3) is 4.34. The van der Waals surface area contributed by atoms with Crippen molar-refractivity contribution in [2.45, 2.75) is 19.8 Å². The van der Waals surface area contributed by atoms with Gasteiger partial charge < -0.3 is 14.5 Å². The molecule has 0 bridgehead atoms. The van der Waals surface area contributed by atoms with Gasteiger partial charge in [0.05, 0.1) is 34.4 Å². The molecule has 8 nitrogen and oxygen atoms in total. The summed E-state index contributed by atoms with van der Waals surface area (Å²) in [6.07, 6.45) is 5.04. The molecule has 0 spiro atoms. The number of fused-ring (bicyclic) bond motifs is 3. The fourth-order valence-electron chi connectivity index (χ4n) is 5.25. The summed E-state index contributed by atoms with van der Waals surface area (Å²) < 4.78 is 11.2. The molecule has 2 aromatic carbocycles. The summed E-state index contributed by atoms with van der Waals surface area (Å²) in [7, 11) is 0. The van der Waals surface area contributed by atoms with Gasteiger partial charge in [0.15, 0.2) is 6.61 Å². The second-order valence-electron chi connectivity index (χ2n) is 9.65. The minimum Gasteiger partial charge on any atom is -0.465 e. The second-order valence-corrected chi connectivity index (χ2v) is 9.65. The molecule has 2 aromatic heterocycles. The maximum absolute atomic E-state index is 13.6. The van der Waals surface area contributed by atoms with Crippen LogP contribution in [-0.2, 0) is 20.7 Å². The van der Waals surface area contributed by atoms with Gasteiger partial charge in [-0.3, -0.25) is 14.5 Å². The van der Waals surface area contributed by atoms with Crippen LogP contribution in [0.2, 0.25) is 0 Å². The number of furan rings is 1. The van der Waals surface area contributed by atoms with Gasteiger partial charge in [0.1, 0.15) is 12.3 Å². The lowest BCUT2D eigenvalue weighted by atomic mass is 9.81. The number of ether oxygens (including phenoxy) is 1. The predicted octanol–water partition coefficient (Wildman–Crippen LogP) is 5.09. The first-order valence-electron chi connectivity index (χ1n) is 12.5. The number of amides is 2. The lowest BCUT2D eigenvalue weighted by molar-refractivity contribution is -0.124. The second kappa shape index (κ2) is 9.63. The Morgan fingerprint density at radius 1 is 1.11 bits per heavy atom. The third-order valence-electron chi connectivity index (χ3n) is 6.88. The average molecular weight is 508 g/mol. The smallest absolute Gasteiger partial charge is 0.339 e. The largest absolute Gasteiger partial charge is 0.465 e. The van der Waals surface area contributed by atoms with Crippen molar-refractivity contribution in [2.24, 2.45) is 5.92 Å². The first-order chi connectivity index (χ1) is 18.5. The van der Waals surface area contributed by atoms with Crippen molar-refractivity contribution in [1.82, 2.24) is 4.98 Å². The molecule has 2 aliphatic rings. The number of anilines is 2. The Labute approximate surface area is 218 Å². The highest BCUT2D eigenvalue weighted by molar-refractivity contribution is 6.11. The maximum Gasteiger partial charge on any atom is 0.339 e. The number of aromatic nitrogens is 1. The zero-order valence-corrected chi connectivity index (χ0v) is 20.8. The molecule has 0 saturated heterocycles. The molecule has 6 rings (SSSR count). The highest BCUT2D eigenvalue weighted by Crippen LogP contribution is 2.39. The summed E-state index contributed by atoms with van der Waals surface area (Å²) in [6.45, 7) is 1.50. The van der Waals surface area contributed by atoms with Gasteiger partial charge in [0.25, 0.3) is 5.91 Å². The van der Waals surface area contributed by atoms with Crippen LogP contribution in [0.4, 0.5) is 11.4 Å². The minimum absolute atomic E-state index is 0.139. The Morgan fingerprint density at radius 2 is 1.92 bits per heavy atom. The predicted molar refractivity (Wildman–Crippen MR) is 144 cm³/mol. The van der Waals surface area contributed by atoms with Crippen molar-refractivity contribution in [3.8, 4) is 0 Å². The van der Waals surface area contributed by atoms with Crippen LogP contribution in [0.5, 0.6) is 0 Å². The van der Waals surface area contributed by atoms with Crippen LogP contribution < -0.4 is 10.2 Å². The summed E-state index contributed by atoms with van der Waals surface area (Å²) in [6, 6.07) is 18.2. The van der Waals surface area contributed by atoms with E-state index < -0.39 is 18.5 Å². The number of carbonyl (C=O) groups is 3. The zero-order chi connectivity index (χ0) is 26.2. The lowest BCUT2D eigenvalue weighted by Crippen LogP contribution is -2.44. The fraction of sp³-hybridized carbons (Fsp3) is 0.200. The minimum atomic E-state index is -0.589. The molecule has 0 radical (unpaired) electrons. The standard InChI is InChI=1S/C30H25N3O5/c1-18-13-19(15-20-7-6-12-37-20)29-22(14-18)28(21-8-2-3-9-23(21)32-29)30(36)38-17-27(35)33-16-26(34)31-24-10-4-5-11-25(24)33/h2-12,15,18H,13-14,16-17H2,1H3,(H,31,34)/b19-15-. The Morgan fingerprint density at radius 3 is 2.76 bits per heavy atom. The molecule has 1 unspecified atom stereocenters. The van der Waals surface area contributed by atoms with E-state index in [0.717, 1.165) is 29.0 Å². The van der Waals surface area contributed by atoms with Crippen molar-refractivity contribution in [3.63, 3.8) is 0 Å². The number of benzene rings is 2. The van der Waals surface area contributed by atoms with Gasteiger partial charge >= 0.3 is 5.97 Å². The van der Waals surface area contributed by atoms with E-state index in [4.69, 9.17) is 14.1 Å². The number of pyridine rings is 1. The molecule has 1 atom stereocenters. The van der Waals surface area contributed by atoms with Crippen molar-refractivity contribution in [2.75, 3.05) is 23.4 Å². The van der Waals surface area contributed by atoms with Gasteiger partial charge in [-0.05, 0) is 66.3 Å². The molecule has 0 fully saturated rings. The van der Waals surface area contributed by atoms with Crippen molar-refractivity contribution in [3.05, 3.63) is 89.5 Å². The van der Waals surface area contributed by atoms with Crippen LogP contribution in [0.3, 0.4) is 0 Å². The first-order valence-corrected chi connectivity index (χ1v) is 12.5. The molecular weight excluding hydrogens is 482 g/mol. The van der Waals surface area contributed by atoms with Crippen LogP contribution in [0.15, 0.2) is 71.3 Å². The first kappa shape index (κ1) is 23.7. The van der Waals surface area contributed by atoms with Crippen molar-refractivity contribution >= 4 is 51.7 Å². The molecule has 1 N–H and O–H groups in total. The topological polar surface area (TPSA) is 102 Å². The monoisotopic (exact) mass is 507 g/mol. The number of carbonyl (C=O) groups excluding carboxylic acids is 3. The van der Waals surface area contributed by atoms with Crippen LogP contribution >= 0.6 is 0 Å². The molecule has 190 valence electrons. The van der Waals surface area contributed by atoms with Gasteiger partial charge in [0, 0.05) is 5.39 Å². The van der Waals surface area contributed by atoms with E-state index in [1.165, 1.54) is 4.90 Å². The van der Waals surface area contributed by atoms with E-state index in [1.807, 2.05) is 42.5 Å². The number of nitrogens with zero attached hydrogens (tertiary/aromatic N) is 2. The van der Waals surface area contributed by atoms with Crippen LogP contribution in [0, 0.1) is 5.92 Å². The molecule has 38 heavy (non-hydrogen) atoms. The maximum atomic E-state index is 13.6. The van der Waals surface area contributed by atoms with E-state index >= 15 is 0 Å². The Hall–Kier alpha value is -4.72. The van der Waals surface area contributed by atoms with Gasteiger partial charge in [-0.25, -0.2) is 9.78 Å². The van der Waals surface area contributed by atoms with Crippen molar-refractivity contribution in [1.29, 1.82) is 0 Å². The highest BCUT2D eigenvalue weighted by atomic mass is 16.5. The van der Waals surface area contributed by atoms with Crippen LogP contribution in [0.25, 0.3) is 22.6 Å². The molecule has 0 saturated carbocycles. The zero-order valence-electron chi connectivity index (χ0n) is 20.8. The normalized spacial score (nSPS) is 17.6. The fourth-order valence-corrected chi connectivity index (χ4v) is 5.25. The number of hydrogen-bond acceptors (Lipinski definition) is 6. The molecule has 8 heteroatoms. The summed E-state index contributed by atoms with van der Waals surface area (Å²) >= 11 is 0. The number of hydrogen-bond donors (Lipinski definition) is 1.